The van der Waals surface area contributed by atoms with E-state index in [-0.39, 0.29) is 22.5 Å². The molecule has 5 rings (SSSR count). The number of carbonyl (C=O) groups is 1. The van der Waals surface area contributed by atoms with Crippen LogP contribution in [0.25, 0.3) is 10.9 Å². The largest absolute Gasteiger partial charge is 0.347 e. The van der Waals surface area contributed by atoms with Crippen LogP contribution in [0.15, 0.2) is 94.5 Å². The summed E-state index contributed by atoms with van der Waals surface area (Å²) in [5, 5.41) is 1.13. The second kappa shape index (κ2) is 9.43. The molecule has 36 heavy (non-hydrogen) atoms. The van der Waals surface area contributed by atoms with Crippen LogP contribution in [0.2, 0.25) is 0 Å². The van der Waals surface area contributed by atoms with E-state index in [1.807, 2.05) is 68.6 Å². The van der Waals surface area contributed by atoms with Gasteiger partial charge < -0.3 is 4.90 Å². The molecule has 5 nitrogen and oxygen atoms in total. The predicted octanol–water partition coefficient (Wildman–Crippen LogP) is 5.73. The molecule has 4 aromatic rings. The number of hydrogen-bond acceptors (Lipinski definition) is 5. The Labute approximate surface area is 215 Å². The van der Waals surface area contributed by atoms with Crippen molar-refractivity contribution in [1.82, 2.24) is 9.55 Å². The molecule has 1 aliphatic heterocycles. The van der Waals surface area contributed by atoms with Crippen molar-refractivity contribution in [3.63, 3.8) is 0 Å². The molecule has 1 aromatic heterocycles. The third-order valence-electron chi connectivity index (χ3n) is 6.87. The van der Waals surface area contributed by atoms with Gasteiger partial charge in [-0.1, -0.05) is 85.8 Å². The summed E-state index contributed by atoms with van der Waals surface area (Å²) in [5.74, 6) is 0.189. The van der Waals surface area contributed by atoms with Crippen LogP contribution >= 0.6 is 11.8 Å². The first-order chi connectivity index (χ1) is 17.3. The first kappa shape index (κ1) is 24.1. The lowest BCUT2D eigenvalue weighted by molar-refractivity contribution is -0.112. The summed E-state index contributed by atoms with van der Waals surface area (Å²) in [6.45, 7) is 6.73. The molecular weight excluding hydrogens is 466 g/mol. The number of aromatic nitrogens is 2. The second-order valence-corrected chi connectivity index (χ2v) is 10.7. The monoisotopic (exact) mass is 495 g/mol. The number of para-hydroxylation sites is 2. The first-order valence-corrected chi connectivity index (χ1v) is 13.0. The summed E-state index contributed by atoms with van der Waals surface area (Å²) in [6.07, 6.45) is 1.75. The summed E-state index contributed by atoms with van der Waals surface area (Å²) in [6, 6.07) is 23.7. The molecular formula is C30H29N3O2S. The number of nitrogens with zero attached hydrogens (tertiary/aromatic N) is 3. The quantitative estimate of drug-likeness (QED) is 0.194. The molecule has 2 heterocycles. The lowest BCUT2D eigenvalue weighted by Gasteiger charge is -2.24. The smallest absolute Gasteiger partial charge is 0.262 e. The Balaban J connectivity index is 1.44. The van der Waals surface area contributed by atoms with Crippen LogP contribution in [0.3, 0.4) is 0 Å². The number of thioether (sulfide) groups is 1. The second-order valence-electron chi connectivity index (χ2n) is 9.77. The van der Waals surface area contributed by atoms with Gasteiger partial charge in [-0.15, -0.1) is 0 Å². The molecule has 0 saturated carbocycles. The SMILES string of the molecule is Cc1ccc(Cn2c(SCC(=O)C=C3N(C)c4ccccc4C3(C)C)nc3ccccc3c2=O)cc1. The molecule has 6 heteroatoms. The third-order valence-corrected chi connectivity index (χ3v) is 7.87. The van der Waals surface area contributed by atoms with E-state index in [1.165, 1.54) is 17.3 Å². The Morgan fingerprint density at radius 2 is 1.69 bits per heavy atom. The minimum Gasteiger partial charge on any atom is -0.347 e. The number of fused-ring (bicyclic) bond motifs is 2. The summed E-state index contributed by atoms with van der Waals surface area (Å²) in [7, 11) is 2.00. The predicted molar refractivity (Wildman–Crippen MR) is 148 cm³/mol. The van der Waals surface area contributed by atoms with Crippen LogP contribution in [0.1, 0.15) is 30.5 Å². The lowest BCUT2D eigenvalue weighted by atomic mass is 9.83. The highest BCUT2D eigenvalue weighted by molar-refractivity contribution is 7.99. The van der Waals surface area contributed by atoms with Crippen LogP contribution in [0, 0.1) is 6.92 Å². The van der Waals surface area contributed by atoms with Gasteiger partial charge in [0.15, 0.2) is 10.9 Å². The van der Waals surface area contributed by atoms with Crippen molar-refractivity contribution in [1.29, 1.82) is 0 Å². The van der Waals surface area contributed by atoms with Crippen molar-refractivity contribution in [3.05, 3.63) is 112 Å². The van der Waals surface area contributed by atoms with E-state index in [0.717, 1.165) is 22.5 Å². The number of likely N-dealkylation sites (N-methyl/N-ethyl adjacent to an activating group) is 1. The molecule has 182 valence electrons. The summed E-state index contributed by atoms with van der Waals surface area (Å²) < 4.78 is 1.68. The molecule has 0 radical (unpaired) electrons. The Hall–Kier alpha value is -3.64. The van der Waals surface area contributed by atoms with Crippen LogP contribution < -0.4 is 10.5 Å². The van der Waals surface area contributed by atoms with Gasteiger partial charge >= 0.3 is 0 Å². The number of benzene rings is 3. The number of carbonyl (C=O) groups excluding carboxylic acids is 1. The maximum Gasteiger partial charge on any atom is 0.262 e. The molecule has 0 aliphatic carbocycles. The van der Waals surface area contributed by atoms with Crippen molar-refractivity contribution in [2.24, 2.45) is 0 Å². The Morgan fingerprint density at radius 1 is 1.00 bits per heavy atom. The highest BCUT2D eigenvalue weighted by Gasteiger charge is 2.38. The van der Waals surface area contributed by atoms with Gasteiger partial charge in [0.05, 0.1) is 23.2 Å². The van der Waals surface area contributed by atoms with E-state index >= 15 is 0 Å². The molecule has 0 unspecified atom stereocenters. The Bertz CT molecular complexity index is 1550. The summed E-state index contributed by atoms with van der Waals surface area (Å²) in [4.78, 5) is 33.4. The fraction of sp³-hybridized carbons (Fsp3) is 0.233. The normalized spacial score (nSPS) is 15.4. The van der Waals surface area contributed by atoms with Crippen molar-refractivity contribution in [3.8, 4) is 0 Å². The minimum absolute atomic E-state index is 0.00738. The van der Waals surface area contributed by atoms with Crippen molar-refractivity contribution >= 4 is 34.1 Å². The molecule has 0 N–H and O–H groups in total. The van der Waals surface area contributed by atoms with E-state index in [2.05, 4.69) is 30.9 Å². The highest BCUT2D eigenvalue weighted by Crippen LogP contribution is 2.46. The van der Waals surface area contributed by atoms with E-state index < -0.39 is 0 Å². The molecule has 0 atom stereocenters. The number of anilines is 1. The molecule has 0 saturated heterocycles. The van der Waals surface area contributed by atoms with Gasteiger partial charge in [-0.2, -0.15) is 0 Å². The van der Waals surface area contributed by atoms with Crippen molar-refractivity contribution in [2.45, 2.75) is 37.9 Å². The number of allylic oxidation sites excluding steroid dienone is 2. The van der Waals surface area contributed by atoms with Gasteiger partial charge in [0.1, 0.15) is 0 Å². The Kier molecular flexibility index (Phi) is 6.31. The van der Waals surface area contributed by atoms with Gasteiger partial charge in [0.2, 0.25) is 0 Å². The lowest BCUT2D eigenvalue weighted by Crippen LogP contribution is -2.25. The average Bonchev–Trinajstić information content (AvgIpc) is 3.06. The van der Waals surface area contributed by atoms with E-state index in [9.17, 15) is 9.59 Å². The maximum atomic E-state index is 13.4. The number of hydrogen-bond donors (Lipinski definition) is 0. The topological polar surface area (TPSA) is 55.2 Å². The number of ketones is 1. The molecule has 1 aliphatic rings. The van der Waals surface area contributed by atoms with Gasteiger partial charge in [0.25, 0.3) is 5.56 Å². The van der Waals surface area contributed by atoms with Gasteiger partial charge in [-0.05, 0) is 36.2 Å². The van der Waals surface area contributed by atoms with E-state index in [1.54, 1.807) is 16.7 Å². The number of rotatable bonds is 6. The van der Waals surface area contributed by atoms with Gasteiger partial charge in [-0.3, -0.25) is 14.2 Å². The van der Waals surface area contributed by atoms with E-state index in [4.69, 9.17) is 4.98 Å². The Morgan fingerprint density at radius 3 is 2.44 bits per heavy atom. The zero-order valence-electron chi connectivity index (χ0n) is 21.0. The number of aryl methyl sites for hydroxylation is 1. The zero-order valence-corrected chi connectivity index (χ0v) is 21.8. The molecule has 0 fully saturated rings. The third kappa shape index (κ3) is 4.37. The van der Waals surface area contributed by atoms with Crippen LogP contribution in [0.5, 0.6) is 0 Å². The van der Waals surface area contributed by atoms with Gasteiger partial charge in [0, 0.05) is 29.9 Å². The zero-order chi connectivity index (χ0) is 25.4. The standard InChI is InChI=1S/C30H29N3O2S/c1-20-13-15-21(16-14-20)18-33-28(35)23-9-5-7-11-25(23)31-29(33)36-19-22(34)17-27-30(2,3)24-10-6-8-12-26(24)32(27)4/h5-17H,18-19H2,1-4H3. The summed E-state index contributed by atoms with van der Waals surface area (Å²) in [5.41, 5.74) is 5.77. The van der Waals surface area contributed by atoms with E-state index in [0.29, 0.717) is 22.6 Å². The molecule has 3 aromatic carbocycles. The van der Waals surface area contributed by atoms with Crippen LogP contribution in [-0.2, 0) is 16.8 Å². The first-order valence-electron chi connectivity index (χ1n) is 12.0. The fourth-order valence-electron chi connectivity index (χ4n) is 4.86. The fourth-order valence-corrected chi connectivity index (χ4v) is 5.68. The average molecular weight is 496 g/mol. The maximum absolute atomic E-state index is 13.4. The molecule has 0 bridgehead atoms. The molecule has 0 amide bonds. The highest BCUT2D eigenvalue weighted by atomic mass is 32.2. The minimum atomic E-state index is -0.263. The molecule has 0 spiro atoms. The van der Waals surface area contributed by atoms with Crippen molar-refractivity contribution in [2.75, 3.05) is 17.7 Å². The van der Waals surface area contributed by atoms with Crippen LogP contribution in [-0.4, -0.2) is 28.1 Å². The van der Waals surface area contributed by atoms with Gasteiger partial charge in [-0.25, -0.2) is 4.98 Å². The summed E-state index contributed by atoms with van der Waals surface area (Å²) >= 11 is 1.31. The van der Waals surface area contributed by atoms with Crippen LogP contribution in [0.4, 0.5) is 5.69 Å². The van der Waals surface area contributed by atoms with Crippen molar-refractivity contribution < 1.29 is 4.79 Å².